The van der Waals surface area contributed by atoms with Gasteiger partial charge in [0.2, 0.25) is 5.91 Å². The third-order valence-electron chi connectivity index (χ3n) is 6.44. The summed E-state index contributed by atoms with van der Waals surface area (Å²) < 4.78 is 5.41. The van der Waals surface area contributed by atoms with Gasteiger partial charge in [-0.25, -0.2) is 0 Å². The first-order chi connectivity index (χ1) is 15.4. The number of hydrogen-bond acceptors (Lipinski definition) is 4. The lowest BCUT2D eigenvalue weighted by atomic mass is 10.0. The van der Waals surface area contributed by atoms with Crippen LogP contribution in [0.1, 0.15) is 81.6 Å². The Kier molecular flexibility index (Phi) is 9.54. The molecule has 1 fully saturated rings. The number of carbonyl (C=O) groups excluding carboxylic acids is 2. The quantitative estimate of drug-likeness (QED) is 0.751. The van der Waals surface area contributed by atoms with Crippen LogP contribution in [0.3, 0.4) is 0 Å². The summed E-state index contributed by atoms with van der Waals surface area (Å²) >= 11 is 0. The summed E-state index contributed by atoms with van der Waals surface area (Å²) in [5.74, 6) is 0.601. The normalized spacial score (nSPS) is 19.7. The first-order valence-electron chi connectivity index (χ1n) is 12.5. The van der Waals surface area contributed by atoms with Crippen LogP contribution in [0.15, 0.2) is 18.2 Å². The summed E-state index contributed by atoms with van der Waals surface area (Å²) in [6, 6.07) is 6.04. The standard InChI is InChI=1S/C26H41N3O3/c1-20(2)18-28-13-7-5-4-6-8-14-29(21(3)30)25-10-9-22(17-23(25)19-28)26(31)27-24-11-15-32-16-12-24/h9-10,17,20,24H,4-8,11-16,18-19H2,1-3H3,(H,27,31). The van der Waals surface area contributed by atoms with Crippen LogP contribution < -0.4 is 10.2 Å². The molecular weight excluding hydrogens is 402 g/mol. The molecule has 1 aromatic carbocycles. The highest BCUT2D eigenvalue weighted by molar-refractivity contribution is 5.97. The molecule has 0 aromatic heterocycles. The van der Waals surface area contributed by atoms with E-state index in [9.17, 15) is 9.59 Å². The predicted octanol–water partition coefficient (Wildman–Crippen LogP) is 4.37. The van der Waals surface area contributed by atoms with Crippen LogP contribution in [0.5, 0.6) is 0 Å². The zero-order valence-corrected chi connectivity index (χ0v) is 20.2. The molecule has 0 unspecified atom stereocenters. The molecule has 6 heteroatoms. The van der Waals surface area contributed by atoms with E-state index in [2.05, 4.69) is 24.1 Å². The highest BCUT2D eigenvalue weighted by Gasteiger charge is 2.22. The van der Waals surface area contributed by atoms with Crippen LogP contribution in [0.2, 0.25) is 0 Å². The number of fused-ring (bicyclic) bond motifs is 1. The summed E-state index contributed by atoms with van der Waals surface area (Å²) in [7, 11) is 0. The van der Waals surface area contributed by atoms with Gasteiger partial charge in [0.05, 0.1) is 0 Å². The number of amides is 2. The lowest BCUT2D eigenvalue weighted by Crippen LogP contribution is -2.39. The van der Waals surface area contributed by atoms with Crippen LogP contribution in [-0.2, 0) is 16.1 Å². The molecule has 32 heavy (non-hydrogen) atoms. The molecule has 0 aliphatic carbocycles. The van der Waals surface area contributed by atoms with Gasteiger partial charge in [0, 0.05) is 57.1 Å². The maximum absolute atomic E-state index is 13.0. The van der Waals surface area contributed by atoms with Crippen molar-refractivity contribution in [3.05, 3.63) is 29.3 Å². The molecular formula is C26H41N3O3. The van der Waals surface area contributed by atoms with Gasteiger partial charge >= 0.3 is 0 Å². The number of carbonyl (C=O) groups is 2. The fraction of sp³-hybridized carbons (Fsp3) is 0.692. The van der Waals surface area contributed by atoms with Gasteiger partial charge in [-0.1, -0.05) is 33.1 Å². The molecule has 2 aliphatic heterocycles. The lowest BCUT2D eigenvalue weighted by molar-refractivity contribution is -0.116. The van der Waals surface area contributed by atoms with Crippen molar-refractivity contribution in [2.75, 3.05) is 37.7 Å². The monoisotopic (exact) mass is 443 g/mol. The van der Waals surface area contributed by atoms with E-state index >= 15 is 0 Å². The van der Waals surface area contributed by atoms with E-state index < -0.39 is 0 Å². The second-order valence-corrected chi connectivity index (χ2v) is 9.77. The molecule has 178 valence electrons. The number of nitrogens with zero attached hydrogens (tertiary/aromatic N) is 2. The zero-order chi connectivity index (χ0) is 22.9. The van der Waals surface area contributed by atoms with Gasteiger partial charge < -0.3 is 15.0 Å². The smallest absolute Gasteiger partial charge is 0.251 e. The number of nitrogens with one attached hydrogen (secondary N) is 1. The Labute approximate surface area is 193 Å². The Balaban J connectivity index is 1.89. The second-order valence-electron chi connectivity index (χ2n) is 9.77. The van der Waals surface area contributed by atoms with Gasteiger partial charge in [0.15, 0.2) is 0 Å². The minimum absolute atomic E-state index is 0.0319. The van der Waals surface area contributed by atoms with Crippen LogP contribution >= 0.6 is 0 Å². The van der Waals surface area contributed by atoms with Crippen molar-refractivity contribution >= 4 is 17.5 Å². The second kappa shape index (κ2) is 12.4. The number of rotatable bonds is 4. The van der Waals surface area contributed by atoms with E-state index in [0.717, 1.165) is 63.1 Å². The van der Waals surface area contributed by atoms with Crippen molar-refractivity contribution in [3.8, 4) is 0 Å². The molecule has 1 saturated heterocycles. The number of hydrogen-bond donors (Lipinski definition) is 1. The molecule has 3 rings (SSSR count). The maximum atomic E-state index is 13.0. The van der Waals surface area contributed by atoms with Crippen molar-refractivity contribution in [2.24, 2.45) is 5.92 Å². The maximum Gasteiger partial charge on any atom is 0.251 e. The SMILES string of the molecule is CC(=O)N1CCCCCCCN(CC(C)C)Cc2cc(C(=O)NC3CCOCC3)ccc21. The average Bonchev–Trinajstić information content (AvgIpc) is 2.75. The summed E-state index contributed by atoms with van der Waals surface area (Å²) in [5, 5.41) is 3.17. The highest BCUT2D eigenvalue weighted by Crippen LogP contribution is 2.26. The Hall–Kier alpha value is -1.92. The van der Waals surface area contributed by atoms with Crippen LogP contribution in [0.25, 0.3) is 0 Å². The summed E-state index contributed by atoms with van der Waals surface area (Å²) in [4.78, 5) is 29.9. The predicted molar refractivity (Wildman–Crippen MR) is 129 cm³/mol. The van der Waals surface area contributed by atoms with Crippen LogP contribution in [0.4, 0.5) is 5.69 Å². The fourth-order valence-corrected chi connectivity index (χ4v) is 4.80. The molecule has 2 heterocycles. The van der Waals surface area contributed by atoms with Gasteiger partial charge in [-0.05, 0) is 61.9 Å². The summed E-state index contributed by atoms with van der Waals surface area (Å²) in [6.07, 6.45) is 7.53. The van der Waals surface area contributed by atoms with E-state index in [1.807, 2.05) is 23.1 Å². The van der Waals surface area contributed by atoms with Gasteiger partial charge in [0.1, 0.15) is 0 Å². The van der Waals surface area contributed by atoms with Crippen molar-refractivity contribution in [1.82, 2.24) is 10.2 Å². The lowest BCUT2D eigenvalue weighted by Gasteiger charge is -2.30. The molecule has 0 atom stereocenters. The average molecular weight is 444 g/mol. The van der Waals surface area contributed by atoms with E-state index in [1.54, 1.807) is 6.92 Å². The minimum atomic E-state index is -0.0319. The summed E-state index contributed by atoms with van der Waals surface area (Å²) in [5.41, 5.74) is 2.70. The Morgan fingerprint density at radius 3 is 2.44 bits per heavy atom. The molecule has 6 nitrogen and oxygen atoms in total. The molecule has 1 N–H and O–H groups in total. The number of ether oxygens (including phenoxy) is 1. The van der Waals surface area contributed by atoms with Gasteiger partial charge in [-0.2, -0.15) is 0 Å². The zero-order valence-electron chi connectivity index (χ0n) is 20.2. The van der Waals surface area contributed by atoms with Crippen LogP contribution in [0, 0.1) is 5.92 Å². The minimum Gasteiger partial charge on any atom is -0.381 e. The third kappa shape index (κ3) is 7.31. The number of benzene rings is 1. The molecule has 2 aliphatic rings. The molecule has 1 aromatic rings. The van der Waals surface area contributed by atoms with Gasteiger partial charge in [0.25, 0.3) is 5.91 Å². The first-order valence-corrected chi connectivity index (χ1v) is 12.5. The highest BCUT2D eigenvalue weighted by atomic mass is 16.5. The molecule has 0 bridgehead atoms. The van der Waals surface area contributed by atoms with Gasteiger partial charge in [-0.15, -0.1) is 0 Å². The largest absolute Gasteiger partial charge is 0.381 e. The Morgan fingerprint density at radius 2 is 1.75 bits per heavy atom. The van der Waals surface area contributed by atoms with Crippen molar-refractivity contribution in [2.45, 2.75) is 78.3 Å². The van der Waals surface area contributed by atoms with Crippen LogP contribution in [-0.4, -0.2) is 55.6 Å². The molecule has 2 amide bonds. The number of anilines is 1. The molecule has 0 radical (unpaired) electrons. The molecule has 0 spiro atoms. The first kappa shape index (κ1) is 24.7. The summed E-state index contributed by atoms with van der Waals surface area (Å²) in [6.45, 7) is 11.1. The fourth-order valence-electron chi connectivity index (χ4n) is 4.80. The van der Waals surface area contributed by atoms with E-state index in [4.69, 9.17) is 4.74 Å². The Morgan fingerprint density at radius 1 is 1.06 bits per heavy atom. The topological polar surface area (TPSA) is 61.9 Å². The van der Waals surface area contributed by atoms with Crippen molar-refractivity contribution < 1.29 is 14.3 Å². The van der Waals surface area contributed by atoms with Crippen molar-refractivity contribution in [3.63, 3.8) is 0 Å². The van der Waals surface area contributed by atoms with E-state index in [0.29, 0.717) is 24.7 Å². The van der Waals surface area contributed by atoms with Gasteiger partial charge in [-0.3, -0.25) is 14.5 Å². The Bertz CT molecular complexity index is 759. The van der Waals surface area contributed by atoms with Crippen molar-refractivity contribution in [1.29, 1.82) is 0 Å². The molecule has 0 saturated carbocycles. The third-order valence-corrected chi connectivity index (χ3v) is 6.44. The van der Waals surface area contributed by atoms with E-state index in [1.165, 1.54) is 19.3 Å². The van der Waals surface area contributed by atoms with E-state index in [-0.39, 0.29) is 17.9 Å².